The summed E-state index contributed by atoms with van der Waals surface area (Å²) in [7, 11) is 1.74. The second-order valence-corrected chi connectivity index (χ2v) is 2.35. The molecule has 0 aromatic carbocycles. The van der Waals surface area contributed by atoms with E-state index in [0.29, 0.717) is 0 Å². The highest BCUT2D eigenvalue weighted by molar-refractivity contribution is 5.66. The van der Waals surface area contributed by atoms with Gasteiger partial charge in [-0.2, -0.15) is 0 Å². The smallest absolute Gasteiger partial charge is 0.304 e. The number of carbonyl (C=O) groups excluding carboxylic acids is 1. The summed E-state index contributed by atoms with van der Waals surface area (Å²) in [6.45, 7) is 4.96. The van der Waals surface area contributed by atoms with E-state index in [1.54, 1.807) is 20.9 Å². The molecular weight excluding hydrogens is 118 g/mol. The largest absolute Gasteiger partial charge is 0.445 e. The normalized spacial score (nSPS) is 11.1. The quantitative estimate of drug-likeness (QED) is 0.438. The minimum atomic E-state index is -0.536. The predicted molar refractivity (Wildman–Crippen MR) is 34.9 cm³/mol. The molecule has 1 N–H and O–H groups in total. The highest BCUT2D eigenvalue weighted by atomic mass is 16.6. The summed E-state index contributed by atoms with van der Waals surface area (Å²) in [5.74, 6) is -0.269. The molecule has 0 amide bonds. The second-order valence-electron chi connectivity index (χ2n) is 2.35. The van der Waals surface area contributed by atoms with Crippen molar-refractivity contribution in [1.29, 1.82) is 0 Å². The van der Waals surface area contributed by atoms with E-state index < -0.39 is 5.72 Å². The van der Waals surface area contributed by atoms with Crippen LogP contribution < -0.4 is 5.32 Å². The molecule has 0 aliphatic rings. The van der Waals surface area contributed by atoms with Gasteiger partial charge in [0, 0.05) is 6.92 Å². The molecule has 0 rings (SSSR count). The lowest BCUT2D eigenvalue weighted by atomic mass is 10.3. The third-order valence-electron chi connectivity index (χ3n) is 1.00. The summed E-state index contributed by atoms with van der Waals surface area (Å²) in [5.41, 5.74) is -0.536. The van der Waals surface area contributed by atoms with Crippen LogP contribution in [0.2, 0.25) is 0 Å². The van der Waals surface area contributed by atoms with E-state index in [0.717, 1.165) is 0 Å². The number of rotatable bonds is 2. The van der Waals surface area contributed by atoms with Crippen molar-refractivity contribution < 1.29 is 9.53 Å². The van der Waals surface area contributed by atoms with Crippen molar-refractivity contribution in [1.82, 2.24) is 5.32 Å². The maximum Gasteiger partial charge on any atom is 0.304 e. The van der Waals surface area contributed by atoms with E-state index >= 15 is 0 Å². The summed E-state index contributed by atoms with van der Waals surface area (Å²) in [6, 6.07) is 0. The third-order valence-corrected chi connectivity index (χ3v) is 1.00. The molecule has 0 radical (unpaired) electrons. The maximum atomic E-state index is 10.4. The van der Waals surface area contributed by atoms with Crippen LogP contribution in [0.25, 0.3) is 0 Å². The van der Waals surface area contributed by atoms with Gasteiger partial charge in [-0.1, -0.05) is 0 Å². The Balaban J connectivity index is 3.71. The van der Waals surface area contributed by atoms with E-state index in [1.165, 1.54) is 6.92 Å². The fourth-order valence-corrected chi connectivity index (χ4v) is 0.410. The number of nitrogens with one attached hydrogen (secondary N) is 1. The third kappa shape index (κ3) is 3.97. The first-order valence-electron chi connectivity index (χ1n) is 2.86. The highest BCUT2D eigenvalue weighted by Crippen LogP contribution is 2.01. The van der Waals surface area contributed by atoms with E-state index in [4.69, 9.17) is 4.74 Å². The van der Waals surface area contributed by atoms with Gasteiger partial charge in [0.15, 0.2) is 5.72 Å². The van der Waals surface area contributed by atoms with Crippen molar-refractivity contribution in [3.05, 3.63) is 0 Å². The van der Waals surface area contributed by atoms with Crippen molar-refractivity contribution in [3.8, 4) is 0 Å². The van der Waals surface area contributed by atoms with Crippen LogP contribution in [0.3, 0.4) is 0 Å². The fraction of sp³-hybridized carbons (Fsp3) is 0.833. The van der Waals surface area contributed by atoms with Gasteiger partial charge in [-0.05, 0) is 20.9 Å². The van der Waals surface area contributed by atoms with Crippen LogP contribution in [0.4, 0.5) is 0 Å². The zero-order valence-electron chi connectivity index (χ0n) is 6.32. The van der Waals surface area contributed by atoms with Crippen LogP contribution in [0.15, 0.2) is 0 Å². The first-order chi connectivity index (χ1) is 3.98. The molecule has 0 aliphatic carbocycles. The molecule has 3 heteroatoms. The van der Waals surface area contributed by atoms with Crippen molar-refractivity contribution >= 4 is 5.97 Å². The summed E-state index contributed by atoms with van der Waals surface area (Å²) >= 11 is 0. The van der Waals surface area contributed by atoms with Gasteiger partial charge in [0.1, 0.15) is 0 Å². The Kier molecular flexibility index (Phi) is 2.65. The molecule has 0 fully saturated rings. The Morgan fingerprint density at radius 3 is 2.11 bits per heavy atom. The van der Waals surface area contributed by atoms with E-state index in [1.807, 2.05) is 0 Å². The SMILES string of the molecule is CNC(C)(C)OC(C)=O. The van der Waals surface area contributed by atoms with Crippen LogP contribution in [0, 0.1) is 0 Å². The Labute approximate surface area is 55.4 Å². The zero-order chi connectivity index (χ0) is 7.49. The first kappa shape index (κ1) is 8.43. The summed E-state index contributed by atoms with van der Waals surface area (Å²) in [6.07, 6.45) is 0. The van der Waals surface area contributed by atoms with Crippen LogP contribution in [0.1, 0.15) is 20.8 Å². The van der Waals surface area contributed by atoms with Crippen LogP contribution in [-0.4, -0.2) is 18.7 Å². The molecule has 9 heavy (non-hydrogen) atoms. The minimum absolute atomic E-state index is 0.269. The van der Waals surface area contributed by atoms with Crippen molar-refractivity contribution in [3.63, 3.8) is 0 Å². The number of hydrogen-bond acceptors (Lipinski definition) is 3. The molecule has 3 nitrogen and oxygen atoms in total. The molecule has 0 saturated heterocycles. The van der Waals surface area contributed by atoms with Crippen LogP contribution in [0.5, 0.6) is 0 Å². The van der Waals surface area contributed by atoms with Gasteiger partial charge in [-0.15, -0.1) is 0 Å². The summed E-state index contributed by atoms with van der Waals surface area (Å²) in [4.78, 5) is 10.4. The van der Waals surface area contributed by atoms with Gasteiger partial charge in [-0.25, -0.2) is 0 Å². The molecule has 0 atom stereocenters. The molecule has 0 unspecified atom stereocenters. The molecule has 0 aliphatic heterocycles. The average Bonchev–Trinajstić information content (AvgIpc) is 1.63. The summed E-state index contributed by atoms with van der Waals surface area (Å²) < 4.78 is 4.84. The van der Waals surface area contributed by atoms with Gasteiger partial charge in [-0.3, -0.25) is 10.1 Å². The van der Waals surface area contributed by atoms with Gasteiger partial charge >= 0.3 is 5.97 Å². The Morgan fingerprint density at radius 2 is 2.00 bits per heavy atom. The van der Waals surface area contributed by atoms with Crippen molar-refractivity contribution in [2.45, 2.75) is 26.5 Å². The molecule has 0 heterocycles. The van der Waals surface area contributed by atoms with Crippen molar-refractivity contribution in [2.24, 2.45) is 0 Å². The number of carbonyl (C=O) groups is 1. The Hall–Kier alpha value is -0.570. The van der Waals surface area contributed by atoms with Gasteiger partial charge in [0.2, 0.25) is 0 Å². The lowest BCUT2D eigenvalue weighted by molar-refractivity contribution is -0.155. The average molecular weight is 131 g/mol. The molecule has 54 valence electrons. The van der Waals surface area contributed by atoms with Gasteiger partial charge < -0.3 is 4.74 Å². The molecule has 0 saturated carbocycles. The van der Waals surface area contributed by atoms with E-state index in [2.05, 4.69) is 5.32 Å². The molecule has 0 bridgehead atoms. The molecule has 0 aromatic heterocycles. The highest BCUT2D eigenvalue weighted by Gasteiger charge is 2.16. The summed E-state index contributed by atoms with van der Waals surface area (Å²) in [5, 5.41) is 2.83. The van der Waals surface area contributed by atoms with Crippen molar-refractivity contribution in [2.75, 3.05) is 7.05 Å². The standard InChI is InChI=1S/C6H13NO2/c1-5(8)9-6(2,3)7-4/h7H,1-4H3. The molecular formula is C6H13NO2. The topological polar surface area (TPSA) is 38.3 Å². The van der Waals surface area contributed by atoms with Crippen LogP contribution in [-0.2, 0) is 9.53 Å². The lowest BCUT2D eigenvalue weighted by Gasteiger charge is -2.22. The molecule has 0 spiro atoms. The molecule has 0 aromatic rings. The van der Waals surface area contributed by atoms with E-state index in [9.17, 15) is 4.79 Å². The minimum Gasteiger partial charge on any atom is -0.445 e. The fourth-order valence-electron chi connectivity index (χ4n) is 0.410. The second kappa shape index (κ2) is 2.82. The Morgan fingerprint density at radius 1 is 1.56 bits per heavy atom. The monoisotopic (exact) mass is 131 g/mol. The first-order valence-corrected chi connectivity index (χ1v) is 2.86. The van der Waals surface area contributed by atoms with Gasteiger partial charge in [0.25, 0.3) is 0 Å². The number of esters is 1. The van der Waals surface area contributed by atoms with Gasteiger partial charge in [0.05, 0.1) is 0 Å². The van der Waals surface area contributed by atoms with E-state index in [-0.39, 0.29) is 5.97 Å². The lowest BCUT2D eigenvalue weighted by Crippen LogP contribution is -2.40. The predicted octanol–water partition coefficient (Wildman–Crippen LogP) is 0.505. The maximum absolute atomic E-state index is 10.4. The zero-order valence-corrected chi connectivity index (χ0v) is 6.32. The Bertz CT molecular complexity index is 110. The number of hydrogen-bond donors (Lipinski definition) is 1. The van der Waals surface area contributed by atoms with Crippen LogP contribution >= 0.6 is 0 Å². The number of ether oxygens (including phenoxy) is 1.